The van der Waals surface area contributed by atoms with Crippen LogP contribution in [0.2, 0.25) is 0 Å². The van der Waals surface area contributed by atoms with Gasteiger partial charge in [-0.15, -0.1) is 0 Å². The minimum absolute atomic E-state index is 0.00482. The Bertz CT molecular complexity index is 987. The van der Waals surface area contributed by atoms with Crippen LogP contribution in [0.4, 0.5) is 4.79 Å². The summed E-state index contributed by atoms with van der Waals surface area (Å²) in [6, 6.07) is 4.78. The summed E-state index contributed by atoms with van der Waals surface area (Å²) in [7, 11) is -3.73. The molecule has 4 fully saturated rings. The molecule has 9 nitrogen and oxygen atoms in total. The van der Waals surface area contributed by atoms with Crippen molar-refractivity contribution >= 4 is 27.9 Å². The van der Waals surface area contributed by atoms with E-state index in [1.165, 1.54) is 43.5 Å². The summed E-state index contributed by atoms with van der Waals surface area (Å²) in [5, 5.41) is 5.27. The maximum atomic E-state index is 12.4. The summed E-state index contributed by atoms with van der Waals surface area (Å²) in [6.07, 6.45) is 6.61. The molecule has 4 aliphatic rings. The minimum atomic E-state index is -3.73. The molecule has 0 aromatic heterocycles. The normalized spacial score (nSPS) is 28.2. The van der Waals surface area contributed by atoms with E-state index in [4.69, 9.17) is 4.74 Å². The van der Waals surface area contributed by atoms with Gasteiger partial charge in [0.05, 0.1) is 10.5 Å². The number of esters is 1. The van der Waals surface area contributed by atoms with Gasteiger partial charge in [0.1, 0.15) is 0 Å². The second kappa shape index (κ2) is 8.82. The Morgan fingerprint density at radius 3 is 2.28 bits per heavy atom. The summed E-state index contributed by atoms with van der Waals surface area (Å²) in [4.78, 5) is 36.7. The number of amides is 3. The van der Waals surface area contributed by atoms with Gasteiger partial charge in [0, 0.05) is 12.1 Å². The average molecular weight is 464 g/mol. The smallest absolute Gasteiger partial charge is 0.338 e. The zero-order chi connectivity index (χ0) is 22.9. The van der Waals surface area contributed by atoms with Crippen LogP contribution in [0.25, 0.3) is 0 Å². The van der Waals surface area contributed by atoms with Crippen LogP contribution in [0, 0.1) is 17.8 Å². The lowest BCUT2D eigenvalue weighted by molar-refractivity contribution is -0.123. The Morgan fingerprint density at radius 1 is 1.06 bits per heavy atom. The van der Waals surface area contributed by atoms with Crippen LogP contribution in [0.1, 0.15) is 55.8 Å². The highest BCUT2D eigenvalue weighted by Gasteiger charge is 2.51. The van der Waals surface area contributed by atoms with Crippen LogP contribution < -0.4 is 15.4 Å². The molecule has 0 radical (unpaired) electrons. The zero-order valence-corrected chi connectivity index (χ0v) is 18.9. The lowest BCUT2D eigenvalue weighted by Crippen LogP contribution is -2.62. The van der Waals surface area contributed by atoms with Crippen molar-refractivity contribution in [1.82, 2.24) is 15.4 Å². The molecule has 5 rings (SSSR count). The van der Waals surface area contributed by atoms with E-state index >= 15 is 0 Å². The fourth-order valence-corrected chi connectivity index (χ4v) is 7.06. The van der Waals surface area contributed by atoms with E-state index in [2.05, 4.69) is 15.4 Å². The van der Waals surface area contributed by atoms with Crippen molar-refractivity contribution in [3.63, 3.8) is 0 Å². The molecule has 4 bridgehead atoms. The minimum Gasteiger partial charge on any atom is -0.452 e. The quantitative estimate of drug-likeness (QED) is 0.530. The largest absolute Gasteiger partial charge is 0.452 e. The third-order valence-corrected chi connectivity index (χ3v) is 8.26. The third kappa shape index (κ3) is 4.96. The molecule has 1 aromatic rings. The standard InChI is InChI=1S/C22H29N3O6S/c1-2-23-32(29,30)18-5-3-4-17(9-18)20(27)31-13-19(26)24-21(28)25-22-10-14-6-15(11-22)8-16(7-14)12-22/h3-5,9,14-16,23H,2,6-8,10-13H2,1H3,(H2,24,25,26,28). The highest BCUT2D eigenvalue weighted by atomic mass is 32.2. The Labute approximate surface area is 187 Å². The number of carbonyl (C=O) groups excluding carboxylic acids is 3. The molecule has 3 amide bonds. The average Bonchev–Trinajstić information content (AvgIpc) is 2.70. The van der Waals surface area contributed by atoms with Gasteiger partial charge in [0.25, 0.3) is 5.91 Å². The first kappa shape index (κ1) is 22.7. The van der Waals surface area contributed by atoms with Crippen molar-refractivity contribution < 1.29 is 27.5 Å². The van der Waals surface area contributed by atoms with Crippen molar-refractivity contribution in [2.45, 2.75) is 55.9 Å². The Balaban J connectivity index is 1.28. The first-order chi connectivity index (χ1) is 15.2. The van der Waals surface area contributed by atoms with Gasteiger partial charge in [-0.2, -0.15) is 0 Å². The van der Waals surface area contributed by atoms with Crippen LogP contribution in [0.5, 0.6) is 0 Å². The number of benzene rings is 1. The number of sulfonamides is 1. The summed E-state index contributed by atoms with van der Waals surface area (Å²) < 4.78 is 31.5. The molecule has 32 heavy (non-hydrogen) atoms. The molecule has 0 spiro atoms. The maximum absolute atomic E-state index is 12.4. The van der Waals surface area contributed by atoms with Gasteiger partial charge in [0.2, 0.25) is 10.0 Å². The summed E-state index contributed by atoms with van der Waals surface area (Å²) in [6.45, 7) is 1.22. The number of ether oxygens (including phenoxy) is 1. The van der Waals surface area contributed by atoms with Gasteiger partial charge in [0.15, 0.2) is 6.61 Å². The Kier molecular flexibility index (Phi) is 6.26. The summed E-state index contributed by atoms with van der Waals surface area (Å²) in [5.41, 5.74) is -0.233. The fourth-order valence-electron chi connectivity index (χ4n) is 5.98. The van der Waals surface area contributed by atoms with Gasteiger partial charge >= 0.3 is 12.0 Å². The molecule has 3 N–H and O–H groups in total. The first-order valence-electron chi connectivity index (χ1n) is 11.1. The Morgan fingerprint density at radius 2 is 1.69 bits per heavy atom. The van der Waals surface area contributed by atoms with Crippen LogP contribution in [0.15, 0.2) is 29.2 Å². The molecular weight excluding hydrogens is 434 g/mol. The molecule has 0 heterocycles. The molecule has 1 aromatic carbocycles. The second-order valence-electron chi connectivity index (χ2n) is 9.31. The predicted molar refractivity (Wildman–Crippen MR) is 115 cm³/mol. The molecule has 4 saturated carbocycles. The molecule has 0 unspecified atom stereocenters. The lowest BCUT2D eigenvalue weighted by Gasteiger charge is -2.56. The van der Waals surface area contributed by atoms with Gasteiger partial charge in [-0.3, -0.25) is 10.1 Å². The Hall–Kier alpha value is -2.46. The number of hydrogen-bond acceptors (Lipinski definition) is 6. The molecular formula is C22H29N3O6S. The van der Waals surface area contributed by atoms with Gasteiger partial charge in [-0.25, -0.2) is 22.7 Å². The molecule has 174 valence electrons. The summed E-state index contributed by atoms with van der Waals surface area (Å²) >= 11 is 0. The molecule has 0 aliphatic heterocycles. The third-order valence-electron chi connectivity index (χ3n) is 6.72. The van der Waals surface area contributed by atoms with Crippen LogP contribution in [0.3, 0.4) is 0 Å². The fraction of sp³-hybridized carbons (Fsp3) is 0.591. The summed E-state index contributed by atoms with van der Waals surface area (Å²) in [5.74, 6) is 0.383. The van der Waals surface area contributed by atoms with Crippen LogP contribution in [-0.2, 0) is 19.6 Å². The van der Waals surface area contributed by atoms with E-state index in [0.29, 0.717) is 17.8 Å². The maximum Gasteiger partial charge on any atom is 0.338 e. The van der Waals surface area contributed by atoms with Gasteiger partial charge < -0.3 is 10.1 Å². The number of nitrogens with one attached hydrogen (secondary N) is 3. The number of imide groups is 1. The predicted octanol–water partition coefficient (Wildman–Crippen LogP) is 1.94. The molecule has 4 aliphatic carbocycles. The first-order valence-corrected chi connectivity index (χ1v) is 12.6. The van der Waals surface area contributed by atoms with E-state index in [9.17, 15) is 22.8 Å². The van der Waals surface area contributed by atoms with E-state index in [1.807, 2.05) is 0 Å². The van der Waals surface area contributed by atoms with E-state index < -0.39 is 34.5 Å². The van der Waals surface area contributed by atoms with Crippen molar-refractivity contribution in [3.05, 3.63) is 29.8 Å². The van der Waals surface area contributed by atoms with Crippen molar-refractivity contribution in [2.75, 3.05) is 13.2 Å². The zero-order valence-electron chi connectivity index (χ0n) is 18.1. The van der Waals surface area contributed by atoms with Gasteiger partial charge in [-0.05, 0) is 74.5 Å². The molecule has 0 saturated heterocycles. The lowest BCUT2D eigenvalue weighted by atomic mass is 9.53. The molecule has 0 atom stereocenters. The number of carbonyl (C=O) groups is 3. The highest BCUT2D eigenvalue weighted by Crippen LogP contribution is 2.55. The van der Waals surface area contributed by atoms with Gasteiger partial charge in [-0.1, -0.05) is 13.0 Å². The number of hydrogen-bond donors (Lipinski definition) is 3. The van der Waals surface area contributed by atoms with E-state index in [1.54, 1.807) is 6.92 Å². The second-order valence-corrected chi connectivity index (χ2v) is 11.1. The molecule has 10 heteroatoms. The topological polar surface area (TPSA) is 131 Å². The van der Waals surface area contributed by atoms with E-state index in [0.717, 1.165) is 19.3 Å². The highest BCUT2D eigenvalue weighted by molar-refractivity contribution is 7.89. The van der Waals surface area contributed by atoms with Crippen molar-refractivity contribution in [3.8, 4) is 0 Å². The van der Waals surface area contributed by atoms with Crippen LogP contribution in [-0.4, -0.2) is 45.0 Å². The van der Waals surface area contributed by atoms with E-state index in [-0.39, 0.29) is 22.5 Å². The number of urea groups is 1. The van der Waals surface area contributed by atoms with Crippen molar-refractivity contribution in [2.24, 2.45) is 17.8 Å². The number of rotatable bonds is 7. The SMILES string of the molecule is CCNS(=O)(=O)c1cccc(C(=O)OCC(=O)NC(=O)NC23CC4CC(CC(C4)C2)C3)c1. The van der Waals surface area contributed by atoms with Crippen molar-refractivity contribution in [1.29, 1.82) is 0 Å². The van der Waals surface area contributed by atoms with Crippen LogP contribution >= 0.6 is 0 Å². The monoisotopic (exact) mass is 463 g/mol.